The number of likely N-dealkylation sites (N-methyl/N-ethyl adjacent to an activating group) is 1. The molecule has 0 spiro atoms. The van der Waals surface area contributed by atoms with Gasteiger partial charge in [0.05, 0.1) is 6.54 Å². The summed E-state index contributed by atoms with van der Waals surface area (Å²) in [5, 5.41) is 2.67. The van der Waals surface area contributed by atoms with Crippen molar-refractivity contribution >= 4 is 17.7 Å². The number of ether oxygens (including phenoxy) is 1. The van der Waals surface area contributed by atoms with E-state index in [1.54, 1.807) is 53.4 Å². The van der Waals surface area contributed by atoms with E-state index in [4.69, 9.17) is 10.5 Å². The SMILES string of the molecule is CCN(Cc1ccccc1)C(=O)CNC(=O)c1ccc(Oc2ccc(C(N)=O)cc2)cc1. The van der Waals surface area contributed by atoms with Gasteiger partial charge in [0, 0.05) is 24.2 Å². The molecule has 0 aliphatic rings. The molecule has 7 heteroatoms. The van der Waals surface area contributed by atoms with Crippen LogP contribution in [0.2, 0.25) is 0 Å². The van der Waals surface area contributed by atoms with Crippen LogP contribution in [-0.2, 0) is 11.3 Å². The summed E-state index contributed by atoms with van der Waals surface area (Å²) in [4.78, 5) is 37.7. The molecule has 3 amide bonds. The summed E-state index contributed by atoms with van der Waals surface area (Å²) in [6.45, 7) is 2.88. The van der Waals surface area contributed by atoms with Crippen LogP contribution in [0.15, 0.2) is 78.9 Å². The average Bonchev–Trinajstić information content (AvgIpc) is 2.82. The Balaban J connectivity index is 1.52. The Morgan fingerprint density at radius 1 is 0.844 bits per heavy atom. The minimum Gasteiger partial charge on any atom is -0.457 e. The van der Waals surface area contributed by atoms with Crippen molar-refractivity contribution in [2.24, 2.45) is 5.73 Å². The van der Waals surface area contributed by atoms with Crippen molar-refractivity contribution in [3.8, 4) is 11.5 Å². The summed E-state index contributed by atoms with van der Waals surface area (Å²) in [6.07, 6.45) is 0. The van der Waals surface area contributed by atoms with Gasteiger partial charge in [-0.25, -0.2) is 0 Å². The van der Waals surface area contributed by atoms with Crippen LogP contribution in [0.1, 0.15) is 33.2 Å². The maximum Gasteiger partial charge on any atom is 0.251 e. The number of hydrogen-bond donors (Lipinski definition) is 2. The molecule has 0 saturated heterocycles. The van der Waals surface area contributed by atoms with E-state index in [9.17, 15) is 14.4 Å². The summed E-state index contributed by atoms with van der Waals surface area (Å²) in [6, 6.07) is 22.7. The number of primary amides is 1. The first-order valence-electron chi connectivity index (χ1n) is 10.2. The van der Waals surface area contributed by atoms with Gasteiger partial charge in [-0.3, -0.25) is 14.4 Å². The van der Waals surface area contributed by atoms with E-state index < -0.39 is 5.91 Å². The van der Waals surface area contributed by atoms with Gasteiger partial charge in [0.1, 0.15) is 11.5 Å². The molecule has 0 unspecified atom stereocenters. The molecule has 3 N–H and O–H groups in total. The minimum absolute atomic E-state index is 0.0794. The van der Waals surface area contributed by atoms with E-state index in [1.165, 1.54) is 0 Å². The molecule has 0 saturated carbocycles. The van der Waals surface area contributed by atoms with Crippen LogP contribution in [0.5, 0.6) is 11.5 Å². The zero-order valence-corrected chi connectivity index (χ0v) is 17.8. The number of carbonyl (C=O) groups excluding carboxylic acids is 3. The van der Waals surface area contributed by atoms with Crippen LogP contribution >= 0.6 is 0 Å². The number of benzene rings is 3. The van der Waals surface area contributed by atoms with Crippen molar-refractivity contribution in [2.45, 2.75) is 13.5 Å². The highest BCUT2D eigenvalue weighted by Crippen LogP contribution is 2.22. The van der Waals surface area contributed by atoms with Gasteiger partial charge in [0.15, 0.2) is 0 Å². The molecule has 32 heavy (non-hydrogen) atoms. The van der Waals surface area contributed by atoms with Crippen LogP contribution in [0.3, 0.4) is 0 Å². The molecule has 3 rings (SSSR count). The molecule has 0 heterocycles. The summed E-state index contributed by atoms with van der Waals surface area (Å²) < 4.78 is 5.70. The molecular formula is C25H25N3O4. The van der Waals surface area contributed by atoms with Crippen LogP contribution in [-0.4, -0.2) is 35.7 Å². The lowest BCUT2D eigenvalue weighted by atomic mass is 10.2. The zero-order valence-electron chi connectivity index (χ0n) is 17.8. The quantitative estimate of drug-likeness (QED) is 0.542. The average molecular weight is 431 g/mol. The van der Waals surface area contributed by atoms with Crippen LogP contribution in [0.25, 0.3) is 0 Å². The first-order valence-corrected chi connectivity index (χ1v) is 10.2. The summed E-state index contributed by atoms with van der Waals surface area (Å²) in [5.41, 5.74) is 7.07. The molecule has 3 aromatic rings. The summed E-state index contributed by atoms with van der Waals surface area (Å²) in [5.74, 6) is 0.0726. The van der Waals surface area contributed by atoms with Crippen molar-refractivity contribution in [3.63, 3.8) is 0 Å². The second kappa shape index (κ2) is 10.8. The molecule has 3 aromatic carbocycles. The highest BCUT2D eigenvalue weighted by Gasteiger charge is 2.14. The molecule has 0 atom stereocenters. The number of rotatable bonds is 9. The number of carbonyl (C=O) groups is 3. The lowest BCUT2D eigenvalue weighted by molar-refractivity contribution is -0.130. The summed E-state index contributed by atoms with van der Waals surface area (Å²) >= 11 is 0. The first-order chi connectivity index (χ1) is 15.5. The number of nitrogens with two attached hydrogens (primary N) is 1. The van der Waals surface area contributed by atoms with Gasteiger partial charge >= 0.3 is 0 Å². The van der Waals surface area contributed by atoms with Crippen molar-refractivity contribution in [3.05, 3.63) is 95.6 Å². The second-order valence-electron chi connectivity index (χ2n) is 7.09. The maximum absolute atomic E-state index is 12.5. The molecule has 0 aliphatic heterocycles. The molecule has 7 nitrogen and oxygen atoms in total. The predicted molar refractivity (Wildman–Crippen MR) is 121 cm³/mol. The Labute approximate surface area is 186 Å². The zero-order chi connectivity index (χ0) is 22.9. The van der Waals surface area contributed by atoms with E-state index in [1.807, 2.05) is 37.3 Å². The molecular weight excluding hydrogens is 406 g/mol. The largest absolute Gasteiger partial charge is 0.457 e. The Bertz CT molecular complexity index is 1060. The van der Waals surface area contributed by atoms with Gasteiger partial charge in [-0.15, -0.1) is 0 Å². The number of nitrogens with one attached hydrogen (secondary N) is 1. The van der Waals surface area contributed by atoms with Crippen LogP contribution in [0.4, 0.5) is 0 Å². The van der Waals surface area contributed by atoms with Gasteiger partial charge in [0.25, 0.3) is 5.91 Å². The number of amides is 3. The van der Waals surface area contributed by atoms with Gasteiger partial charge in [-0.1, -0.05) is 30.3 Å². The molecule has 0 fully saturated rings. The van der Waals surface area contributed by atoms with Crippen LogP contribution in [0, 0.1) is 0 Å². The number of nitrogens with zero attached hydrogens (tertiary/aromatic N) is 1. The van der Waals surface area contributed by atoms with Crippen molar-refractivity contribution < 1.29 is 19.1 Å². The first kappa shape index (κ1) is 22.6. The fourth-order valence-corrected chi connectivity index (χ4v) is 3.05. The standard InChI is InChI=1S/C25H25N3O4/c1-2-28(17-18-6-4-3-5-7-18)23(29)16-27-25(31)20-10-14-22(15-11-20)32-21-12-8-19(9-13-21)24(26)30/h3-15H,2,16-17H2,1H3,(H2,26,30)(H,27,31). The van der Waals surface area contributed by atoms with E-state index in [0.29, 0.717) is 35.7 Å². The lowest BCUT2D eigenvalue weighted by Gasteiger charge is -2.21. The smallest absolute Gasteiger partial charge is 0.251 e. The fraction of sp³-hybridized carbons (Fsp3) is 0.160. The van der Waals surface area contributed by atoms with Gasteiger partial charge < -0.3 is 20.7 Å². The molecule has 0 bridgehead atoms. The second-order valence-corrected chi connectivity index (χ2v) is 7.09. The predicted octanol–water partition coefficient (Wildman–Crippen LogP) is 3.36. The van der Waals surface area contributed by atoms with Gasteiger partial charge in [-0.2, -0.15) is 0 Å². The van der Waals surface area contributed by atoms with Gasteiger partial charge in [0.2, 0.25) is 11.8 Å². The Hall–Kier alpha value is -4.13. The third kappa shape index (κ3) is 6.18. The molecule has 0 radical (unpaired) electrons. The normalized spacial score (nSPS) is 10.3. The van der Waals surface area contributed by atoms with E-state index in [2.05, 4.69) is 5.32 Å². The molecule has 164 valence electrons. The molecule has 0 aromatic heterocycles. The van der Waals surface area contributed by atoms with Crippen molar-refractivity contribution in [1.82, 2.24) is 10.2 Å². The fourth-order valence-electron chi connectivity index (χ4n) is 3.05. The maximum atomic E-state index is 12.5. The lowest BCUT2D eigenvalue weighted by Crippen LogP contribution is -2.39. The van der Waals surface area contributed by atoms with E-state index in [0.717, 1.165) is 5.56 Å². The highest BCUT2D eigenvalue weighted by atomic mass is 16.5. The molecule has 0 aliphatic carbocycles. The van der Waals surface area contributed by atoms with E-state index >= 15 is 0 Å². The monoisotopic (exact) mass is 431 g/mol. The van der Waals surface area contributed by atoms with Crippen molar-refractivity contribution in [1.29, 1.82) is 0 Å². The van der Waals surface area contributed by atoms with E-state index in [-0.39, 0.29) is 18.4 Å². The topological polar surface area (TPSA) is 102 Å². The third-order valence-corrected chi connectivity index (χ3v) is 4.84. The Morgan fingerprint density at radius 3 is 1.94 bits per heavy atom. The summed E-state index contributed by atoms with van der Waals surface area (Å²) in [7, 11) is 0. The third-order valence-electron chi connectivity index (χ3n) is 4.84. The van der Waals surface area contributed by atoms with Gasteiger partial charge in [-0.05, 0) is 61.0 Å². The van der Waals surface area contributed by atoms with Crippen molar-refractivity contribution in [2.75, 3.05) is 13.1 Å². The Kier molecular flexibility index (Phi) is 7.59. The van der Waals surface area contributed by atoms with Crippen LogP contribution < -0.4 is 15.8 Å². The Morgan fingerprint density at radius 2 is 1.41 bits per heavy atom. The minimum atomic E-state index is -0.507. The highest BCUT2D eigenvalue weighted by molar-refractivity contribution is 5.96. The number of hydrogen-bond acceptors (Lipinski definition) is 4.